The molecule has 0 bridgehead atoms. The minimum absolute atomic E-state index is 0.286. The van der Waals surface area contributed by atoms with Crippen molar-refractivity contribution in [3.63, 3.8) is 0 Å². The Morgan fingerprint density at radius 3 is 2.47 bits per heavy atom. The molecule has 2 unspecified atom stereocenters. The van der Waals surface area contributed by atoms with E-state index >= 15 is 0 Å². The minimum atomic E-state index is -0.410. The van der Waals surface area contributed by atoms with Crippen LogP contribution in [0.3, 0.4) is 0 Å². The lowest BCUT2D eigenvalue weighted by Crippen LogP contribution is -2.53. The highest BCUT2D eigenvalue weighted by Gasteiger charge is 2.40. The van der Waals surface area contributed by atoms with Crippen LogP contribution in [0.2, 0.25) is 0 Å². The third kappa shape index (κ3) is 4.68. The molecule has 0 aliphatic heterocycles. The average molecular weight is 268 g/mol. The third-order valence-corrected chi connectivity index (χ3v) is 3.89. The maximum absolute atomic E-state index is 11.6. The molecule has 2 saturated carbocycles. The van der Waals surface area contributed by atoms with E-state index in [1.54, 1.807) is 0 Å². The predicted octanol–water partition coefficient (Wildman–Crippen LogP) is 2.82. The zero-order chi connectivity index (χ0) is 14.0. The molecule has 2 aliphatic carbocycles. The summed E-state index contributed by atoms with van der Waals surface area (Å²) < 4.78 is 5.25. The summed E-state index contributed by atoms with van der Waals surface area (Å²) in [6.07, 6.45) is 5.77. The summed E-state index contributed by atoms with van der Waals surface area (Å²) in [5, 5.41) is 6.62. The highest BCUT2D eigenvalue weighted by atomic mass is 16.6. The summed E-state index contributed by atoms with van der Waals surface area (Å²) in [5.74, 6) is 0.905. The third-order valence-electron chi connectivity index (χ3n) is 3.89. The SMILES string of the molecule is CCCC1CC1NC1CC(NC(=O)OC(C)(C)C)C1. The Labute approximate surface area is 116 Å². The Kier molecular flexibility index (Phi) is 4.39. The van der Waals surface area contributed by atoms with Gasteiger partial charge in [-0.05, 0) is 52.4 Å². The number of hydrogen-bond donors (Lipinski definition) is 2. The second-order valence-corrected chi connectivity index (χ2v) is 7.07. The van der Waals surface area contributed by atoms with Gasteiger partial charge < -0.3 is 15.4 Å². The van der Waals surface area contributed by atoms with Crippen LogP contribution in [0.15, 0.2) is 0 Å². The molecule has 0 saturated heterocycles. The van der Waals surface area contributed by atoms with Gasteiger partial charge >= 0.3 is 6.09 Å². The van der Waals surface area contributed by atoms with E-state index in [1.165, 1.54) is 19.3 Å². The van der Waals surface area contributed by atoms with Crippen LogP contribution in [-0.2, 0) is 4.74 Å². The second-order valence-electron chi connectivity index (χ2n) is 7.07. The van der Waals surface area contributed by atoms with Gasteiger partial charge in [-0.2, -0.15) is 0 Å². The number of nitrogens with one attached hydrogen (secondary N) is 2. The Balaban J connectivity index is 1.56. The van der Waals surface area contributed by atoms with E-state index in [2.05, 4.69) is 17.6 Å². The fourth-order valence-electron chi connectivity index (χ4n) is 2.79. The first kappa shape index (κ1) is 14.6. The van der Waals surface area contributed by atoms with Crippen molar-refractivity contribution in [1.82, 2.24) is 10.6 Å². The summed E-state index contributed by atoms with van der Waals surface area (Å²) in [5.41, 5.74) is -0.410. The van der Waals surface area contributed by atoms with Crippen molar-refractivity contribution in [1.29, 1.82) is 0 Å². The van der Waals surface area contributed by atoms with Crippen molar-refractivity contribution in [2.75, 3.05) is 0 Å². The molecule has 0 radical (unpaired) electrons. The molecule has 19 heavy (non-hydrogen) atoms. The maximum atomic E-state index is 11.6. The molecule has 4 heteroatoms. The van der Waals surface area contributed by atoms with Gasteiger partial charge in [-0.1, -0.05) is 13.3 Å². The van der Waals surface area contributed by atoms with Crippen molar-refractivity contribution in [2.45, 2.75) is 83.5 Å². The standard InChI is InChI=1S/C15H28N2O2/c1-5-6-10-7-13(10)16-11-8-12(9-11)17-14(18)19-15(2,3)4/h10-13,16H,5-9H2,1-4H3,(H,17,18). The Hall–Kier alpha value is -0.770. The van der Waals surface area contributed by atoms with Crippen molar-refractivity contribution in [3.05, 3.63) is 0 Å². The Morgan fingerprint density at radius 2 is 1.89 bits per heavy atom. The summed E-state index contributed by atoms with van der Waals surface area (Å²) in [4.78, 5) is 11.6. The van der Waals surface area contributed by atoms with Gasteiger partial charge in [-0.25, -0.2) is 4.79 Å². The highest BCUT2D eigenvalue weighted by Crippen LogP contribution is 2.36. The number of rotatable bonds is 5. The fraction of sp³-hybridized carbons (Fsp3) is 0.933. The van der Waals surface area contributed by atoms with E-state index in [-0.39, 0.29) is 12.1 Å². The van der Waals surface area contributed by atoms with Gasteiger partial charge in [0.1, 0.15) is 5.60 Å². The van der Waals surface area contributed by atoms with Crippen LogP contribution < -0.4 is 10.6 Å². The molecule has 0 heterocycles. The number of hydrogen-bond acceptors (Lipinski definition) is 3. The van der Waals surface area contributed by atoms with Crippen LogP contribution in [0, 0.1) is 5.92 Å². The maximum Gasteiger partial charge on any atom is 0.407 e. The molecule has 1 amide bonds. The highest BCUT2D eigenvalue weighted by molar-refractivity contribution is 5.68. The Morgan fingerprint density at radius 1 is 1.21 bits per heavy atom. The molecule has 0 aromatic rings. The van der Waals surface area contributed by atoms with Crippen LogP contribution >= 0.6 is 0 Å². The van der Waals surface area contributed by atoms with Crippen molar-refractivity contribution in [2.24, 2.45) is 5.92 Å². The minimum Gasteiger partial charge on any atom is -0.444 e. The van der Waals surface area contributed by atoms with E-state index in [4.69, 9.17) is 4.74 Å². The summed E-state index contributed by atoms with van der Waals surface area (Å²) in [6, 6.07) is 1.62. The van der Waals surface area contributed by atoms with Crippen LogP contribution in [0.4, 0.5) is 4.79 Å². The van der Waals surface area contributed by atoms with E-state index < -0.39 is 5.60 Å². The molecular weight excluding hydrogens is 240 g/mol. The topological polar surface area (TPSA) is 50.4 Å². The summed E-state index contributed by atoms with van der Waals surface area (Å²) >= 11 is 0. The second kappa shape index (κ2) is 5.70. The quantitative estimate of drug-likeness (QED) is 0.806. The first-order valence-electron chi connectivity index (χ1n) is 7.63. The van der Waals surface area contributed by atoms with E-state index in [1.807, 2.05) is 20.8 Å². The predicted molar refractivity (Wildman–Crippen MR) is 76.1 cm³/mol. The first-order valence-corrected chi connectivity index (χ1v) is 7.63. The van der Waals surface area contributed by atoms with Crippen molar-refractivity contribution >= 4 is 6.09 Å². The van der Waals surface area contributed by atoms with Crippen LogP contribution in [0.1, 0.15) is 59.8 Å². The first-order chi connectivity index (χ1) is 8.87. The van der Waals surface area contributed by atoms with Gasteiger partial charge in [0.25, 0.3) is 0 Å². The van der Waals surface area contributed by atoms with Crippen LogP contribution in [0.25, 0.3) is 0 Å². The van der Waals surface area contributed by atoms with Gasteiger partial charge in [0, 0.05) is 18.1 Å². The number of carbonyl (C=O) groups is 1. The molecule has 0 spiro atoms. The molecule has 110 valence electrons. The number of carbonyl (C=O) groups excluding carboxylic acids is 1. The normalized spacial score (nSPS) is 33.5. The van der Waals surface area contributed by atoms with E-state index in [0.29, 0.717) is 6.04 Å². The number of amides is 1. The lowest BCUT2D eigenvalue weighted by Gasteiger charge is -2.37. The van der Waals surface area contributed by atoms with Crippen molar-refractivity contribution < 1.29 is 9.53 Å². The van der Waals surface area contributed by atoms with E-state index in [0.717, 1.165) is 24.8 Å². The number of ether oxygens (including phenoxy) is 1. The smallest absolute Gasteiger partial charge is 0.407 e. The molecule has 2 N–H and O–H groups in total. The molecular formula is C15H28N2O2. The lowest BCUT2D eigenvalue weighted by molar-refractivity contribution is 0.0465. The van der Waals surface area contributed by atoms with E-state index in [9.17, 15) is 4.79 Å². The van der Waals surface area contributed by atoms with Gasteiger partial charge in [0.15, 0.2) is 0 Å². The largest absolute Gasteiger partial charge is 0.444 e. The molecule has 0 aromatic heterocycles. The van der Waals surface area contributed by atoms with Crippen LogP contribution in [0.5, 0.6) is 0 Å². The molecule has 2 atom stereocenters. The average Bonchev–Trinajstić information content (AvgIpc) is 2.91. The van der Waals surface area contributed by atoms with Gasteiger partial charge in [-0.3, -0.25) is 0 Å². The van der Waals surface area contributed by atoms with Gasteiger partial charge in [0.05, 0.1) is 0 Å². The molecule has 2 rings (SSSR count). The molecule has 2 fully saturated rings. The molecule has 2 aliphatic rings. The summed E-state index contributed by atoms with van der Waals surface area (Å²) in [7, 11) is 0. The zero-order valence-electron chi connectivity index (χ0n) is 12.7. The van der Waals surface area contributed by atoms with Gasteiger partial charge in [-0.15, -0.1) is 0 Å². The Bertz CT molecular complexity index is 319. The molecule has 4 nitrogen and oxygen atoms in total. The lowest BCUT2D eigenvalue weighted by atomic mass is 9.86. The molecule has 0 aromatic carbocycles. The zero-order valence-corrected chi connectivity index (χ0v) is 12.7. The number of alkyl carbamates (subject to hydrolysis) is 1. The van der Waals surface area contributed by atoms with Gasteiger partial charge in [0.2, 0.25) is 0 Å². The van der Waals surface area contributed by atoms with Crippen LogP contribution in [-0.4, -0.2) is 29.8 Å². The summed E-state index contributed by atoms with van der Waals surface area (Å²) in [6.45, 7) is 7.91. The monoisotopic (exact) mass is 268 g/mol. The fourth-order valence-corrected chi connectivity index (χ4v) is 2.79. The van der Waals surface area contributed by atoms with Crippen molar-refractivity contribution in [3.8, 4) is 0 Å².